The Hall–Kier alpha value is -1.66. The number of rotatable bonds is 6. The van der Waals surface area contributed by atoms with Crippen LogP contribution in [0.5, 0.6) is 11.5 Å². The monoisotopic (exact) mass is 261 g/mol. The molecule has 3 heteroatoms. The second kappa shape index (κ2) is 6.49. The summed E-state index contributed by atoms with van der Waals surface area (Å²) in [5, 5.41) is 3.47. The lowest BCUT2D eigenvalue weighted by molar-refractivity contribution is 0.352. The second-order valence-electron chi connectivity index (χ2n) is 4.99. The van der Waals surface area contributed by atoms with Crippen LogP contribution in [0.2, 0.25) is 0 Å². The van der Waals surface area contributed by atoms with Crippen LogP contribution in [0.25, 0.3) is 0 Å². The fourth-order valence-corrected chi connectivity index (χ4v) is 1.97. The highest BCUT2D eigenvalue weighted by Gasteiger charge is 2.20. The van der Waals surface area contributed by atoms with Crippen molar-refractivity contribution in [3.8, 4) is 23.8 Å². The molecule has 0 aliphatic rings. The van der Waals surface area contributed by atoms with Gasteiger partial charge in [0.05, 0.1) is 19.8 Å². The number of methoxy groups -OCH3 is 2. The Morgan fingerprint density at radius 1 is 1.26 bits per heavy atom. The molecule has 19 heavy (non-hydrogen) atoms. The SMILES string of the molecule is C#CC(C)(C)NC(CC)c1ccc(OC)c(OC)c1. The topological polar surface area (TPSA) is 30.5 Å². The molecule has 0 saturated heterocycles. The van der Waals surface area contributed by atoms with Crippen molar-refractivity contribution in [2.75, 3.05) is 14.2 Å². The predicted molar refractivity (Wildman–Crippen MR) is 78.6 cm³/mol. The van der Waals surface area contributed by atoms with Crippen LogP contribution in [0.15, 0.2) is 18.2 Å². The first kappa shape index (κ1) is 15.4. The smallest absolute Gasteiger partial charge is 0.161 e. The van der Waals surface area contributed by atoms with Crippen LogP contribution in [0, 0.1) is 12.3 Å². The molecular weight excluding hydrogens is 238 g/mol. The van der Waals surface area contributed by atoms with Crippen LogP contribution in [-0.2, 0) is 0 Å². The van der Waals surface area contributed by atoms with Gasteiger partial charge in [-0.3, -0.25) is 5.32 Å². The van der Waals surface area contributed by atoms with Crippen LogP contribution in [0.1, 0.15) is 38.8 Å². The van der Waals surface area contributed by atoms with E-state index < -0.39 is 0 Å². The molecule has 1 aromatic carbocycles. The zero-order valence-corrected chi connectivity index (χ0v) is 12.4. The minimum Gasteiger partial charge on any atom is -0.493 e. The van der Waals surface area contributed by atoms with Crippen molar-refractivity contribution in [1.29, 1.82) is 0 Å². The van der Waals surface area contributed by atoms with E-state index in [4.69, 9.17) is 15.9 Å². The molecule has 0 aromatic heterocycles. The Balaban J connectivity index is 3.03. The predicted octanol–water partition coefficient (Wildman–Crippen LogP) is 3.16. The third-order valence-corrected chi connectivity index (χ3v) is 3.11. The lowest BCUT2D eigenvalue weighted by Crippen LogP contribution is -2.40. The minimum atomic E-state index is -0.339. The van der Waals surface area contributed by atoms with Crippen molar-refractivity contribution in [3.63, 3.8) is 0 Å². The summed E-state index contributed by atoms with van der Waals surface area (Å²) in [4.78, 5) is 0. The summed E-state index contributed by atoms with van der Waals surface area (Å²) in [5.41, 5.74) is 0.803. The van der Waals surface area contributed by atoms with Crippen molar-refractivity contribution in [2.45, 2.75) is 38.8 Å². The van der Waals surface area contributed by atoms with E-state index in [9.17, 15) is 0 Å². The Morgan fingerprint density at radius 2 is 1.89 bits per heavy atom. The molecule has 0 aliphatic carbocycles. The Labute approximate surface area is 116 Å². The molecule has 104 valence electrons. The highest BCUT2D eigenvalue weighted by molar-refractivity contribution is 5.44. The van der Waals surface area contributed by atoms with Crippen molar-refractivity contribution < 1.29 is 9.47 Å². The molecule has 1 aromatic rings. The van der Waals surface area contributed by atoms with Crippen LogP contribution in [0.3, 0.4) is 0 Å². The van der Waals surface area contributed by atoms with Gasteiger partial charge in [0.25, 0.3) is 0 Å². The molecule has 0 spiro atoms. The van der Waals surface area contributed by atoms with E-state index in [1.807, 2.05) is 32.0 Å². The molecule has 0 fully saturated rings. The standard InChI is InChI=1S/C16H23NO2/c1-7-13(17-16(3,4)8-2)12-9-10-14(18-5)15(11-12)19-6/h2,9-11,13,17H,7H2,1,3-6H3. The van der Waals surface area contributed by atoms with Gasteiger partial charge in [0.2, 0.25) is 0 Å². The number of hydrogen-bond donors (Lipinski definition) is 1. The van der Waals surface area contributed by atoms with Gasteiger partial charge in [0.15, 0.2) is 11.5 Å². The third kappa shape index (κ3) is 3.90. The number of nitrogens with one attached hydrogen (secondary N) is 1. The summed E-state index contributed by atoms with van der Waals surface area (Å²) in [6.45, 7) is 6.12. The minimum absolute atomic E-state index is 0.186. The lowest BCUT2D eigenvalue weighted by Gasteiger charge is -2.27. The maximum absolute atomic E-state index is 5.53. The fourth-order valence-electron chi connectivity index (χ4n) is 1.97. The van der Waals surface area contributed by atoms with Gasteiger partial charge < -0.3 is 9.47 Å². The van der Waals surface area contributed by atoms with E-state index in [0.717, 1.165) is 23.5 Å². The number of benzene rings is 1. The molecule has 1 rings (SSSR count). The van der Waals surface area contributed by atoms with Gasteiger partial charge in [0.1, 0.15) is 0 Å². The number of terminal acetylenes is 1. The van der Waals surface area contributed by atoms with Crippen LogP contribution in [-0.4, -0.2) is 19.8 Å². The maximum atomic E-state index is 5.53. The Kier molecular flexibility index (Phi) is 5.26. The highest BCUT2D eigenvalue weighted by atomic mass is 16.5. The largest absolute Gasteiger partial charge is 0.493 e. The molecule has 0 saturated carbocycles. The van der Waals surface area contributed by atoms with E-state index in [-0.39, 0.29) is 11.6 Å². The second-order valence-corrected chi connectivity index (χ2v) is 4.99. The summed E-state index contributed by atoms with van der Waals surface area (Å²) in [7, 11) is 3.27. The van der Waals surface area contributed by atoms with Crippen LogP contribution >= 0.6 is 0 Å². The first-order valence-corrected chi connectivity index (χ1v) is 6.44. The van der Waals surface area contributed by atoms with Crippen molar-refractivity contribution in [3.05, 3.63) is 23.8 Å². The Morgan fingerprint density at radius 3 is 2.37 bits per heavy atom. The average Bonchev–Trinajstić information content (AvgIpc) is 2.44. The van der Waals surface area contributed by atoms with E-state index in [1.54, 1.807) is 14.2 Å². The van der Waals surface area contributed by atoms with Gasteiger partial charge in [0, 0.05) is 6.04 Å². The lowest BCUT2D eigenvalue weighted by atomic mass is 9.98. The summed E-state index contributed by atoms with van der Waals surface area (Å²) in [6.07, 6.45) is 6.48. The van der Waals surface area contributed by atoms with Gasteiger partial charge in [-0.05, 0) is 38.0 Å². The van der Waals surface area contributed by atoms with Gasteiger partial charge in [-0.25, -0.2) is 0 Å². The first-order chi connectivity index (χ1) is 8.97. The van der Waals surface area contributed by atoms with E-state index in [2.05, 4.69) is 18.2 Å². The maximum Gasteiger partial charge on any atom is 0.161 e. The van der Waals surface area contributed by atoms with E-state index >= 15 is 0 Å². The number of hydrogen-bond acceptors (Lipinski definition) is 3. The first-order valence-electron chi connectivity index (χ1n) is 6.44. The molecule has 1 unspecified atom stereocenters. The molecule has 0 amide bonds. The molecule has 0 aliphatic heterocycles. The summed E-state index contributed by atoms with van der Waals surface area (Å²) >= 11 is 0. The highest BCUT2D eigenvalue weighted by Crippen LogP contribution is 2.31. The summed E-state index contributed by atoms with van der Waals surface area (Å²) in [5.74, 6) is 4.23. The summed E-state index contributed by atoms with van der Waals surface area (Å²) in [6, 6.07) is 6.13. The van der Waals surface area contributed by atoms with Gasteiger partial charge in [-0.2, -0.15) is 0 Å². The van der Waals surface area contributed by atoms with Crippen molar-refractivity contribution in [2.24, 2.45) is 0 Å². The average molecular weight is 261 g/mol. The van der Waals surface area contributed by atoms with E-state index in [0.29, 0.717) is 0 Å². The van der Waals surface area contributed by atoms with Crippen molar-refractivity contribution in [1.82, 2.24) is 5.32 Å². The molecule has 0 heterocycles. The number of ether oxygens (including phenoxy) is 2. The summed E-state index contributed by atoms with van der Waals surface area (Å²) < 4.78 is 10.6. The fraction of sp³-hybridized carbons (Fsp3) is 0.500. The Bertz CT molecular complexity index is 460. The molecule has 3 nitrogen and oxygen atoms in total. The van der Waals surface area contributed by atoms with Gasteiger partial charge in [-0.15, -0.1) is 6.42 Å². The molecule has 0 bridgehead atoms. The van der Waals surface area contributed by atoms with Gasteiger partial charge in [-0.1, -0.05) is 18.9 Å². The molecule has 1 N–H and O–H groups in total. The van der Waals surface area contributed by atoms with E-state index in [1.165, 1.54) is 0 Å². The zero-order chi connectivity index (χ0) is 14.5. The third-order valence-electron chi connectivity index (χ3n) is 3.11. The van der Waals surface area contributed by atoms with Crippen LogP contribution in [0.4, 0.5) is 0 Å². The molecule has 0 radical (unpaired) electrons. The van der Waals surface area contributed by atoms with Crippen LogP contribution < -0.4 is 14.8 Å². The normalized spacial score (nSPS) is 12.6. The molecule has 1 atom stereocenters. The zero-order valence-electron chi connectivity index (χ0n) is 12.4. The van der Waals surface area contributed by atoms with Crippen molar-refractivity contribution >= 4 is 0 Å². The quantitative estimate of drug-likeness (QED) is 0.798. The molecular formula is C16H23NO2. The van der Waals surface area contributed by atoms with Gasteiger partial charge >= 0.3 is 0 Å².